The average Bonchev–Trinajstić information content (AvgIpc) is 2.81. The van der Waals surface area contributed by atoms with E-state index in [0.717, 1.165) is 31.5 Å². The van der Waals surface area contributed by atoms with Crippen LogP contribution in [0.5, 0.6) is 0 Å². The summed E-state index contributed by atoms with van der Waals surface area (Å²) in [5, 5.41) is 0.110. The Labute approximate surface area is 105 Å². The molecule has 0 radical (unpaired) electrons. The normalized spacial score (nSPS) is 18.7. The third-order valence-electron chi connectivity index (χ3n) is 3.38. The Balaban J connectivity index is 1.78. The van der Waals surface area contributed by atoms with E-state index in [1.54, 1.807) is 4.57 Å². The number of carbonyl (C=O) groups is 1. The number of imidazole rings is 1. The Kier molecular flexibility index (Phi) is 2.65. The molecule has 1 aromatic rings. The number of hydrogen-bond donors (Lipinski definition) is 1. The summed E-state index contributed by atoms with van der Waals surface area (Å²) >= 11 is 0. The van der Waals surface area contributed by atoms with Gasteiger partial charge in [-0.3, -0.25) is 4.79 Å². The van der Waals surface area contributed by atoms with Crippen molar-refractivity contribution in [2.45, 2.75) is 43.7 Å². The molecule has 0 unspecified atom stereocenters. The number of hydrogen-bond acceptors (Lipinski definition) is 4. The molecular formula is C11H15N3O3S. The molecule has 18 heavy (non-hydrogen) atoms. The molecule has 1 amide bonds. The summed E-state index contributed by atoms with van der Waals surface area (Å²) in [5.41, 5.74) is 0. The van der Waals surface area contributed by atoms with Crippen molar-refractivity contribution >= 4 is 15.9 Å². The zero-order valence-corrected chi connectivity index (χ0v) is 10.7. The van der Waals surface area contributed by atoms with Crippen molar-refractivity contribution in [3.05, 3.63) is 12.0 Å². The van der Waals surface area contributed by atoms with E-state index in [1.807, 2.05) is 0 Å². The second-order valence-electron chi connectivity index (χ2n) is 4.94. The first-order chi connectivity index (χ1) is 8.56. The molecule has 0 saturated heterocycles. The molecule has 0 bridgehead atoms. The molecular weight excluding hydrogens is 254 g/mol. The van der Waals surface area contributed by atoms with E-state index in [4.69, 9.17) is 0 Å². The lowest BCUT2D eigenvalue weighted by Crippen LogP contribution is -2.32. The number of carbonyl (C=O) groups excluding carboxylic acids is 1. The highest BCUT2D eigenvalue weighted by Crippen LogP contribution is 2.32. The van der Waals surface area contributed by atoms with E-state index < -0.39 is 15.9 Å². The van der Waals surface area contributed by atoms with Crippen LogP contribution in [0.4, 0.5) is 0 Å². The summed E-state index contributed by atoms with van der Waals surface area (Å²) in [6.45, 7) is 0.655. The first kappa shape index (κ1) is 11.7. The predicted molar refractivity (Wildman–Crippen MR) is 63.2 cm³/mol. The molecule has 2 aliphatic rings. The highest BCUT2D eigenvalue weighted by molar-refractivity contribution is 7.90. The van der Waals surface area contributed by atoms with E-state index in [0.29, 0.717) is 18.9 Å². The first-order valence-electron chi connectivity index (χ1n) is 6.16. The van der Waals surface area contributed by atoms with Gasteiger partial charge in [-0.1, -0.05) is 0 Å². The number of sulfonamides is 1. The van der Waals surface area contributed by atoms with Gasteiger partial charge in [0.2, 0.25) is 5.91 Å². The number of fused-ring (bicyclic) bond motifs is 1. The van der Waals surface area contributed by atoms with Crippen molar-refractivity contribution in [1.29, 1.82) is 0 Å². The number of rotatable bonds is 4. The monoisotopic (exact) mass is 269 g/mol. The van der Waals surface area contributed by atoms with Crippen molar-refractivity contribution in [2.75, 3.05) is 0 Å². The molecule has 3 rings (SSSR count). The van der Waals surface area contributed by atoms with Gasteiger partial charge in [0.15, 0.2) is 5.03 Å². The summed E-state index contributed by atoms with van der Waals surface area (Å²) in [6.07, 6.45) is 5.39. The maximum absolute atomic E-state index is 12.1. The van der Waals surface area contributed by atoms with Gasteiger partial charge in [0.05, 0.1) is 6.20 Å². The molecule has 0 spiro atoms. The molecule has 1 aliphatic carbocycles. The van der Waals surface area contributed by atoms with Gasteiger partial charge in [-0.25, -0.2) is 9.71 Å². The maximum Gasteiger partial charge on any atom is 0.281 e. The van der Waals surface area contributed by atoms with Crippen LogP contribution >= 0.6 is 0 Å². The Morgan fingerprint density at radius 2 is 2.28 bits per heavy atom. The third kappa shape index (κ3) is 2.14. The molecule has 1 aliphatic heterocycles. The van der Waals surface area contributed by atoms with E-state index in [9.17, 15) is 13.2 Å². The molecule has 1 fully saturated rings. The fourth-order valence-corrected chi connectivity index (χ4v) is 3.44. The fraction of sp³-hybridized carbons (Fsp3) is 0.636. The minimum Gasteiger partial charge on any atom is -0.318 e. The third-order valence-corrected chi connectivity index (χ3v) is 4.75. The molecule has 7 heteroatoms. The molecule has 6 nitrogen and oxygen atoms in total. The van der Waals surface area contributed by atoms with Crippen molar-refractivity contribution in [2.24, 2.45) is 5.92 Å². The van der Waals surface area contributed by atoms with Crippen LogP contribution in [0.1, 0.15) is 31.5 Å². The van der Waals surface area contributed by atoms with Gasteiger partial charge >= 0.3 is 0 Å². The zero-order valence-electron chi connectivity index (χ0n) is 9.92. The van der Waals surface area contributed by atoms with Gasteiger partial charge < -0.3 is 4.57 Å². The largest absolute Gasteiger partial charge is 0.318 e. The van der Waals surface area contributed by atoms with Crippen molar-refractivity contribution in [3.8, 4) is 0 Å². The van der Waals surface area contributed by atoms with E-state index >= 15 is 0 Å². The van der Waals surface area contributed by atoms with Crippen LogP contribution in [-0.2, 0) is 27.8 Å². The van der Waals surface area contributed by atoms with Crippen LogP contribution in [0.2, 0.25) is 0 Å². The first-order valence-corrected chi connectivity index (χ1v) is 7.64. The Morgan fingerprint density at radius 3 is 3.00 bits per heavy atom. The second-order valence-corrected chi connectivity index (χ2v) is 6.57. The molecule has 2 heterocycles. The minimum atomic E-state index is -3.76. The summed E-state index contributed by atoms with van der Waals surface area (Å²) in [5.74, 6) is 0.743. The van der Waals surface area contributed by atoms with Crippen LogP contribution < -0.4 is 4.72 Å². The average molecular weight is 269 g/mol. The van der Waals surface area contributed by atoms with Gasteiger partial charge in [0.25, 0.3) is 10.0 Å². The van der Waals surface area contributed by atoms with Gasteiger partial charge in [-0.15, -0.1) is 0 Å². The second kappa shape index (κ2) is 4.08. The van der Waals surface area contributed by atoms with Gasteiger partial charge in [-0.05, 0) is 25.2 Å². The lowest BCUT2D eigenvalue weighted by Gasteiger charge is -2.07. The number of aryl methyl sites for hydroxylation is 1. The van der Waals surface area contributed by atoms with Crippen LogP contribution in [0, 0.1) is 5.92 Å². The number of nitrogens with zero attached hydrogens (tertiary/aromatic N) is 2. The summed E-state index contributed by atoms with van der Waals surface area (Å²) in [7, 11) is -3.76. The van der Waals surface area contributed by atoms with Crippen LogP contribution in [0.3, 0.4) is 0 Å². The number of nitrogens with one attached hydrogen (secondary N) is 1. The molecule has 1 N–H and O–H groups in total. The lowest BCUT2D eigenvalue weighted by molar-refractivity contribution is -0.119. The van der Waals surface area contributed by atoms with Crippen LogP contribution in [-0.4, -0.2) is 23.9 Å². The maximum atomic E-state index is 12.1. The Hall–Kier alpha value is -1.37. The predicted octanol–water partition coefficient (Wildman–Crippen LogP) is 0.434. The molecule has 1 aromatic heterocycles. The van der Waals surface area contributed by atoms with E-state index in [2.05, 4.69) is 9.71 Å². The number of amides is 1. The topological polar surface area (TPSA) is 81.1 Å². The smallest absolute Gasteiger partial charge is 0.281 e. The quantitative estimate of drug-likeness (QED) is 0.859. The fourth-order valence-electron chi connectivity index (χ4n) is 2.27. The van der Waals surface area contributed by atoms with Crippen LogP contribution in [0.25, 0.3) is 0 Å². The van der Waals surface area contributed by atoms with Crippen LogP contribution in [0.15, 0.2) is 11.2 Å². The lowest BCUT2D eigenvalue weighted by atomic mass is 10.3. The van der Waals surface area contributed by atoms with Crippen molar-refractivity contribution < 1.29 is 13.2 Å². The summed E-state index contributed by atoms with van der Waals surface area (Å²) in [6, 6.07) is 0. The van der Waals surface area contributed by atoms with Gasteiger partial charge in [0, 0.05) is 19.4 Å². The van der Waals surface area contributed by atoms with Crippen molar-refractivity contribution in [3.63, 3.8) is 0 Å². The van der Waals surface area contributed by atoms with E-state index in [1.165, 1.54) is 6.20 Å². The summed E-state index contributed by atoms with van der Waals surface area (Å²) < 4.78 is 28.0. The highest BCUT2D eigenvalue weighted by atomic mass is 32.2. The molecule has 1 saturated carbocycles. The van der Waals surface area contributed by atoms with Gasteiger partial charge in [-0.2, -0.15) is 8.42 Å². The van der Waals surface area contributed by atoms with Gasteiger partial charge in [0.1, 0.15) is 5.82 Å². The standard InChI is InChI=1S/C11H15N3O3S/c15-10(6-8-3-4-8)13-18(16,17)11-7-12-9-2-1-5-14(9)11/h7-8H,1-6H2,(H,13,15). The highest BCUT2D eigenvalue weighted by Gasteiger charge is 2.29. The minimum absolute atomic E-state index is 0.110. The summed E-state index contributed by atoms with van der Waals surface area (Å²) in [4.78, 5) is 15.7. The van der Waals surface area contributed by atoms with E-state index in [-0.39, 0.29) is 5.03 Å². The SMILES string of the molecule is O=C(CC1CC1)NS(=O)(=O)c1cnc2n1CCC2. The molecule has 0 atom stereocenters. The molecule has 98 valence electrons. The van der Waals surface area contributed by atoms with Crippen molar-refractivity contribution in [1.82, 2.24) is 14.3 Å². The Morgan fingerprint density at radius 1 is 1.50 bits per heavy atom. The molecule has 0 aromatic carbocycles. The Bertz CT molecular complexity index is 587. The zero-order chi connectivity index (χ0) is 12.8. The number of aromatic nitrogens is 2.